The summed E-state index contributed by atoms with van der Waals surface area (Å²) in [6.45, 7) is 0. The normalized spacial score (nSPS) is 10.4. The lowest BCUT2D eigenvalue weighted by atomic mass is 10.0. The minimum absolute atomic E-state index is 0.216. The van der Waals surface area contributed by atoms with Crippen molar-refractivity contribution < 1.29 is 19.1 Å². The van der Waals surface area contributed by atoms with Gasteiger partial charge in [0.2, 0.25) is 0 Å². The van der Waals surface area contributed by atoms with Crippen molar-refractivity contribution in [3.63, 3.8) is 0 Å². The van der Waals surface area contributed by atoms with Gasteiger partial charge in [-0.3, -0.25) is 9.59 Å². The molecule has 0 radical (unpaired) electrons. The lowest BCUT2D eigenvalue weighted by molar-refractivity contribution is -0.135. The highest BCUT2D eigenvalue weighted by Crippen LogP contribution is 2.25. The summed E-state index contributed by atoms with van der Waals surface area (Å²) in [5, 5.41) is 8.97. The SMILES string of the molecule is C#Cc1ccc(-c2ccc(OC(=O)CCCCCCCCCC(=O)Oc3cccc(-c4ccc(C#N)cc4)c3)cc2)cc1. The van der Waals surface area contributed by atoms with E-state index in [1.165, 1.54) is 0 Å². The van der Waals surface area contributed by atoms with E-state index >= 15 is 0 Å². The fraction of sp³-hybridized carbons (Fsp3) is 0.237. The molecule has 0 aliphatic carbocycles. The lowest BCUT2D eigenvalue weighted by Crippen LogP contribution is -2.07. The number of unbranched alkanes of at least 4 members (excludes halogenated alkanes) is 6. The van der Waals surface area contributed by atoms with Crippen LogP contribution in [0.1, 0.15) is 68.9 Å². The van der Waals surface area contributed by atoms with Crippen LogP contribution in [-0.4, -0.2) is 11.9 Å². The van der Waals surface area contributed by atoms with Gasteiger partial charge in [0.15, 0.2) is 0 Å². The van der Waals surface area contributed by atoms with Crippen molar-refractivity contribution in [3.8, 4) is 52.2 Å². The quantitative estimate of drug-likeness (QED) is 0.0656. The van der Waals surface area contributed by atoms with Crippen LogP contribution in [-0.2, 0) is 9.59 Å². The standard InChI is InChI=1S/C38H35NO4/c1-2-29-15-19-31(20-16-29)32-23-25-35(26-24-32)42-37(40)13-8-6-4-3-5-7-9-14-38(41)43-36-12-10-11-34(27-36)33-21-17-30(28-39)18-22-33/h1,10-12,15-27H,3-9,13-14H2. The molecule has 0 saturated carbocycles. The number of esters is 2. The van der Waals surface area contributed by atoms with Crippen LogP contribution in [0.2, 0.25) is 0 Å². The third-order valence-electron chi connectivity index (χ3n) is 7.15. The molecule has 5 nitrogen and oxygen atoms in total. The summed E-state index contributed by atoms with van der Waals surface area (Å²) >= 11 is 0. The molecule has 0 aromatic heterocycles. The van der Waals surface area contributed by atoms with Gasteiger partial charge in [-0.1, -0.05) is 86.6 Å². The predicted molar refractivity (Wildman–Crippen MR) is 169 cm³/mol. The predicted octanol–water partition coefficient (Wildman–Crippen LogP) is 8.90. The molecule has 0 saturated heterocycles. The molecule has 5 heteroatoms. The van der Waals surface area contributed by atoms with Gasteiger partial charge < -0.3 is 9.47 Å². The smallest absolute Gasteiger partial charge is 0.311 e. The van der Waals surface area contributed by atoms with Crippen molar-refractivity contribution >= 4 is 11.9 Å². The Morgan fingerprint density at radius 2 is 1.02 bits per heavy atom. The van der Waals surface area contributed by atoms with Crippen LogP contribution in [0, 0.1) is 23.7 Å². The molecule has 0 bridgehead atoms. The van der Waals surface area contributed by atoms with Gasteiger partial charge in [-0.2, -0.15) is 5.26 Å². The third kappa shape index (κ3) is 10.0. The summed E-state index contributed by atoms with van der Waals surface area (Å²) in [5.41, 5.74) is 5.43. The summed E-state index contributed by atoms with van der Waals surface area (Å²) < 4.78 is 11.0. The molecular weight excluding hydrogens is 534 g/mol. The maximum atomic E-state index is 12.3. The molecule has 4 rings (SSSR count). The average molecular weight is 570 g/mol. The molecule has 0 atom stereocenters. The maximum Gasteiger partial charge on any atom is 0.311 e. The first-order valence-electron chi connectivity index (χ1n) is 14.7. The molecule has 0 unspecified atom stereocenters. The summed E-state index contributed by atoms with van der Waals surface area (Å²) in [4.78, 5) is 24.5. The number of nitriles is 1. The van der Waals surface area contributed by atoms with Gasteiger partial charge in [0.05, 0.1) is 11.6 Å². The number of rotatable bonds is 14. The number of hydrogen-bond donors (Lipinski definition) is 0. The van der Waals surface area contributed by atoms with Crippen LogP contribution < -0.4 is 9.47 Å². The molecule has 0 aliphatic rings. The van der Waals surface area contributed by atoms with E-state index in [1.54, 1.807) is 18.2 Å². The average Bonchev–Trinajstić information content (AvgIpc) is 3.04. The van der Waals surface area contributed by atoms with Crippen molar-refractivity contribution in [2.75, 3.05) is 0 Å². The number of carbonyl (C=O) groups is 2. The molecule has 0 amide bonds. The second-order valence-corrected chi connectivity index (χ2v) is 10.4. The van der Waals surface area contributed by atoms with Crippen LogP contribution in [0.3, 0.4) is 0 Å². The molecule has 43 heavy (non-hydrogen) atoms. The fourth-order valence-electron chi connectivity index (χ4n) is 4.74. The van der Waals surface area contributed by atoms with E-state index in [0.29, 0.717) is 29.9 Å². The van der Waals surface area contributed by atoms with Gasteiger partial charge >= 0.3 is 11.9 Å². The molecule has 0 heterocycles. The van der Waals surface area contributed by atoms with Crippen molar-refractivity contribution in [2.24, 2.45) is 0 Å². The van der Waals surface area contributed by atoms with Gasteiger partial charge in [-0.15, -0.1) is 6.42 Å². The molecule has 0 fully saturated rings. The third-order valence-corrected chi connectivity index (χ3v) is 7.15. The van der Waals surface area contributed by atoms with E-state index < -0.39 is 0 Å². The molecule has 0 aliphatic heterocycles. The van der Waals surface area contributed by atoms with Crippen molar-refractivity contribution in [1.82, 2.24) is 0 Å². The molecule has 0 spiro atoms. The summed E-state index contributed by atoms with van der Waals surface area (Å²) in [6.07, 6.45) is 12.9. The van der Waals surface area contributed by atoms with Gasteiger partial charge in [-0.05, 0) is 83.6 Å². The second-order valence-electron chi connectivity index (χ2n) is 10.4. The van der Waals surface area contributed by atoms with E-state index in [-0.39, 0.29) is 11.9 Å². The Morgan fingerprint density at radius 1 is 0.558 bits per heavy atom. The molecule has 216 valence electrons. The van der Waals surface area contributed by atoms with Crippen molar-refractivity contribution in [2.45, 2.75) is 57.8 Å². The van der Waals surface area contributed by atoms with Crippen LogP contribution in [0.15, 0.2) is 97.1 Å². The Labute approximate surface area is 254 Å². The van der Waals surface area contributed by atoms with Gasteiger partial charge in [0.1, 0.15) is 11.5 Å². The number of hydrogen-bond acceptors (Lipinski definition) is 5. The first kappa shape index (κ1) is 30.8. The zero-order valence-electron chi connectivity index (χ0n) is 24.3. The van der Waals surface area contributed by atoms with E-state index in [4.69, 9.17) is 21.2 Å². The fourth-order valence-corrected chi connectivity index (χ4v) is 4.74. The van der Waals surface area contributed by atoms with E-state index in [0.717, 1.165) is 72.8 Å². The van der Waals surface area contributed by atoms with Gasteiger partial charge in [0, 0.05) is 18.4 Å². The Kier molecular flexibility index (Phi) is 11.7. The Bertz CT molecular complexity index is 1570. The Balaban J connectivity index is 1.04. The maximum absolute atomic E-state index is 12.3. The minimum atomic E-state index is -0.233. The number of benzene rings is 4. The van der Waals surface area contributed by atoms with Crippen LogP contribution >= 0.6 is 0 Å². The minimum Gasteiger partial charge on any atom is -0.427 e. The second kappa shape index (κ2) is 16.3. The molecular formula is C38H35NO4. The van der Waals surface area contributed by atoms with E-state index in [2.05, 4.69) is 12.0 Å². The number of ether oxygens (including phenoxy) is 2. The molecule has 0 N–H and O–H groups in total. The van der Waals surface area contributed by atoms with Crippen LogP contribution in [0.25, 0.3) is 22.3 Å². The van der Waals surface area contributed by atoms with Crippen molar-refractivity contribution in [1.29, 1.82) is 5.26 Å². The molecule has 4 aromatic rings. The summed E-state index contributed by atoms with van der Waals surface area (Å²) in [6, 6.07) is 32.1. The lowest BCUT2D eigenvalue weighted by Gasteiger charge is -2.07. The first-order chi connectivity index (χ1) is 21.0. The number of carbonyl (C=O) groups excluding carboxylic acids is 2. The monoisotopic (exact) mass is 569 g/mol. The van der Waals surface area contributed by atoms with E-state index in [9.17, 15) is 9.59 Å². The van der Waals surface area contributed by atoms with Crippen molar-refractivity contribution in [3.05, 3.63) is 108 Å². The molecule has 4 aromatic carbocycles. The summed E-state index contributed by atoms with van der Waals surface area (Å²) in [7, 11) is 0. The van der Waals surface area contributed by atoms with Crippen LogP contribution in [0.4, 0.5) is 0 Å². The highest BCUT2D eigenvalue weighted by molar-refractivity contribution is 5.74. The highest BCUT2D eigenvalue weighted by atomic mass is 16.5. The van der Waals surface area contributed by atoms with E-state index in [1.807, 2.05) is 78.9 Å². The van der Waals surface area contributed by atoms with Gasteiger partial charge in [-0.25, -0.2) is 0 Å². The topological polar surface area (TPSA) is 76.4 Å². The Hall–Kier alpha value is -5.13. The zero-order chi connectivity index (χ0) is 30.3. The zero-order valence-corrected chi connectivity index (χ0v) is 24.3. The van der Waals surface area contributed by atoms with Crippen LogP contribution in [0.5, 0.6) is 11.5 Å². The Morgan fingerprint density at radius 3 is 1.56 bits per heavy atom. The number of nitrogens with zero attached hydrogens (tertiary/aromatic N) is 1. The van der Waals surface area contributed by atoms with Gasteiger partial charge in [0.25, 0.3) is 0 Å². The number of terminal acetylenes is 1. The first-order valence-corrected chi connectivity index (χ1v) is 14.7. The largest absolute Gasteiger partial charge is 0.427 e. The highest BCUT2D eigenvalue weighted by Gasteiger charge is 2.08. The summed E-state index contributed by atoms with van der Waals surface area (Å²) in [5.74, 6) is 3.23.